The smallest absolute Gasteiger partial charge is 0.182 e. The fraction of sp³-hybridized carbons (Fsp3) is 0.300. The van der Waals surface area contributed by atoms with Crippen molar-refractivity contribution in [1.82, 2.24) is 20.2 Å². The lowest BCUT2D eigenvalue weighted by Gasteiger charge is -1.96. The van der Waals surface area contributed by atoms with Crippen molar-refractivity contribution in [3.8, 4) is 11.4 Å². The number of halogens is 1. The Kier molecular flexibility index (Phi) is 2.81. The van der Waals surface area contributed by atoms with Gasteiger partial charge in [-0.25, -0.2) is 4.98 Å². The molecular weight excluding hydrogens is 256 g/mol. The van der Waals surface area contributed by atoms with Crippen molar-refractivity contribution in [2.45, 2.75) is 19.8 Å². The van der Waals surface area contributed by atoms with Crippen molar-refractivity contribution in [2.75, 3.05) is 0 Å². The van der Waals surface area contributed by atoms with Crippen molar-refractivity contribution in [1.29, 1.82) is 0 Å². The highest BCUT2D eigenvalue weighted by atomic mass is 79.9. The van der Waals surface area contributed by atoms with Crippen molar-refractivity contribution < 1.29 is 0 Å². The third-order valence-corrected chi connectivity index (χ3v) is 2.45. The van der Waals surface area contributed by atoms with Gasteiger partial charge >= 0.3 is 0 Å². The van der Waals surface area contributed by atoms with E-state index in [1.807, 2.05) is 6.07 Å². The van der Waals surface area contributed by atoms with Crippen molar-refractivity contribution in [2.24, 2.45) is 0 Å². The molecule has 0 amide bonds. The van der Waals surface area contributed by atoms with E-state index in [4.69, 9.17) is 0 Å². The molecule has 0 fully saturated rings. The summed E-state index contributed by atoms with van der Waals surface area (Å²) >= 11 is 3.37. The summed E-state index contributed by atoms with van der Waals surface area (Å²) in [6.07, 6.45) is 3.48. The van der Waals surface area contributed by atoms with Gasteiger partial charge < -0.3 is 0 Å². The zero-order chi connectivity index (χ0) is 10.8. The number of hydrogen-bond acceptors (Lipinski definition) is 3. The zero-order valence-corrected chi connectivity index (χ0v) is 10.1. The van der Waals surface area contributed by atoms with Gasteiger partial charge in [-0.2, -0.15) is 5.10 Å². The van der Waals surface area contributed by atoms with Crippen LogP contribution in [0.5, 0.6) is 0 Å². The lowest BCUT2D eigenvalue weighted by molar-refractivity contribution is 0.781. The molecule has 4 nitrogen and oxygen atoms in total. The van der Waals surface area contributed by atoms with Gasteiger partial charge in [0, 0.05) is 28.3 Å². The second kappa shape index (κ2) is 4.10. The molecule has 0 aliphatic heterocycles. The van der Waals surface area contributed by atoms with E-state index in [1.165, 1.54) is 0 Å². The summed E-state index contributed by atoms with van der Waals surface area (Å²) in [5.74, 6) is 1.93. The van der Waals surface area contributed by atoms with Gasteiger partial charge in [-0.15, -0.1) is 0 Å². The third kappa shape index (κ3) is 2.23. The van der Waals surface area contributed by atoms with Gasteiger partial charge in [-0.3, -0.25) is 10.1 Å². The molecule has 0 spiro atoms. The summed E-state index contributed by atoms with van der Waals surface area (Å²) in [6, 6.07) is 1.94. The second-order valence-corrected chi connectivity index (χ2v) is 4.51. The number of aromatic nitrogens is 4. The van der Waals surface area contributed by atoms with Gasteiger partial charge in [0.1, 0.15) is 5.82 Å². The first-order valence-corrected chi connectivity index (χ1v) is 5.49. The molecule has 2 heterocycles. The van der Waals surface area contributed by atoms with Crippen LogP contribution in [-0.2, 0) is 0 Å². The Morgan fingerprint density at radius 3 is 2.73 bits per heavy atom. The lowest BCUT2D eigenvalue weighted by Crippen LogP contribution is -1.89. The molecule has 0 saturated carbocycles. The summed E-state index contributed by atoms with van der Waals surface area (Å²) in [4.78, 5) is 8.47. The average Bonchev–Trinajstić information content (AvgIpc) is 2.66. The number of nitrogens with zero attached hydrogens (tertiary/aromatic N) is 3. The fourth-order valence-corrected chi connectivity index (χ4v) is 1.56. The normalized spacial score (nSPS) is 10.9. The minimum atomic E-state index is 0.353. The topological polar surface area (TPSA) is 54.5 Å². The number of aromatic amines is 1. The highest BCUT2D eigenvalue weighted by Gasteiger charge is 2.08. The first-order valence-electron chi connectivity index (χ1n) is 4.70. The first kappa shape index (κ1) is 10.3. The third-order valence-electron chi connectivity index (χ3n) is 2.01. The predicted molar refractivity (Wildman–Crippen MR) is 61.4 cm³/mol. The largest absolute Gasteiger partial charge is 0.263 e. The van der Waals surface area contributed by atoms with Gasteiger partial charge in [-0.05, 0) is 22.0 Å². The second-order valence-electron chi connectivity index (χ2n) is 3.59. The van der Waals surface area contributed by atoms with E-state index in [9.17, 15) is 0 Å². The molecule has 2 rings (SSSR count). The molecule has 0 aliphatic rings. The monoisotopic (exact) mass is 266 g/mol. The van der Waals surface area contributed by atoms with Gasteiger partial charge in [0.25, 0.3) is 0 Å². The minimum Gasteiger partial charge on any atom is -0.263 e. The van der Waals surface area contributed by atoms with Crippen LogP contribution in [0.25, 0.3) is 11.4 Å². The molecule has 0 aliphatic carbocycles. The van der Waals surface area contributed by atoms with Gasteiger partial charge in [-0.1, -0.05) is 13.8 Å². The van der Waals surface area contributed by atoms with Gasteiger partial charge in [0.2, 0.25) is 0 Å². The summed E-state index contributed by atoms with van der Waals surface area (Å²) < 4.78 is 0.927. The van der Waals surface area contributed by atoms with Crippen LogP contribution in [0, 0.1) is 0 Å². The highest BCUT2D eigenvalue weighted by molar-refractivity contribution is 9.10. The fourth-order valence-electron chi connectivity index (χ4n) is 1.20. The quantitative estimate of drug-likeness (QED) is 0.910. The van der Waals surface area contributed by atoms with Gasteiger partial charge in [0.15, 0.2) is 5.82 Å². The summed E-state index contributed by atoms with van der Waals surface area (Å²) in [7, 11) is 0. The number of rotatable bonds is 2. The molecule has 5 heteroatoms. The molecule has 0 atom stereocenters. The van der Waals surface area contributed by atoms with Crippen LogP contribution in [0.3, 0.4) is 0 Å². The molecule has 0 aromatic carbocycles. The molecule has 0 bridgehead atoms. The Morgan fingerprint density at radius 1 is 1.33 bits per heavy atom. The Bertz CT molecular complexity index is 464. The Balaban J connectivity index is 2.37. The lowest BCUT2D eigenvalue weighted by atomic mass is 10.2. The van der Waals surface area contributed by atoms with Crippen LogP contribution < -0.4 is 0 Å². The standard InChI is InChI=1S/C10H11BrN4/c1-6(2)9-13-10(15-14-9)7-3-8(11)5-12-4-7/h3-6H,1-2H3,(H,13,14,15). The van der Waals surface area contributed by atoms with E-state index < -0.39 is 0 Å². The van der Waals surface area contributed by atoms with Crippen LogP contribution in [0.1, 0.15) is 25.6 Å². The van der Waals surface area contributed by atoms with Crippen molar-refractivity contribution in [3.63, 3.8) is 0 Å². The van der Waals surface area contributed by atoms with E-state index in [-0.39, 0.29) is 0 Å². The minimum absolute atomic E-state index is 0.353. The number of nitrogens with one attached hydrogen (secondary N) is 1. The Hall–Kier alpha value is -1.23. The molecule has 2 aromatic heterocycles. The molecule has 15 heavy (non-hydrogen) atoms. The molecule has 0 saturated heterocycles. The molecule has 2 aromatic rings. The van der Waals surface area contributed by atoms with Crippen molar-refractivity contribution in [3.05, 3.63) is 28.8 Å². The predicted octanol–water partition coefficient (Wildman–Crippen LogP) is 2.75. The van der Waals surface area contributed by atoms with E-state index in [2.05, 4.69) is 49.9 Å². The maximum Gasteiger partial charge on any atom is 0.182 e. The number of hydrogen-bond donors (Lipinski definition) is 1. The Labute approximate surface area is 96.3 Å². The van der Waals surface area contributed by atoms with E-state index >= 15 is 0 Å². The molecule has 0 radical (unpaired) electrons. The summed E-state index contributed by atoms with van der Waals surface area (Å²) in [6.45, 7) is 4.15. The molecule has 78 valence electrons. The number of pyridine rings is 1. The zero-order valence-electron chi connectivity index (χ0n) is 8.53. The molecule has 1 N–H and O–H groups in total. The van der Waals surface area contributed by atoms with Crippen LogP contribution in [-0.4, -0.2) is 20.2 Å². The van der Waals surface area contributed by atoms with Crippen LogP contribution in [0.2, 0.25) is 0 Å². The maximum absolute atomic E-state index is 4.39. The SMILES string of the molecule is CC(C)c1nc(-c2cncc(Br)c2)n[nH]1. The Morgan fingerprint density at radius 2 is 2.13 bits per heavy atom. The molecule has 0 unspecified atom stereocenters. The van der Waals surface area contributed by atoms with E-state index in [1.54, 1.807) is 12.4 Å². The van der Waals surface area contributed by atoms with E-state index in [0.717, 1.165) is 15.9 Å². The van der Waals surface area contributed by atoms with Crippen LogP contribution >= 0.6 is 15.9 Å². The van der Waals surface area contributed by atoms with E-state index in [0.29, 0.717) is 11.7 Å². The first-order chi connectivity index (χ1) is 7.16. The maximum atomic E-state index is 4.39. The van der Waals surface area contributed by atoms with Gasteiger partial charge in [0.05, 0.1) is 0 Å². The molecular formula is C10H11BrN4. The highest BCUT2D eigenvalue weighted by Crippen LogP contribution is 2.19. The average molecular weight is 267 g/mol. The number of H-pyrrole nitrogens is 1. The summed E-state index contributed by atoms with van der Waals surface area (Å²) in [5, 5.41) is 7.07. The van der Waals surface area contributed by atoms with Crippen molar-refractivity contribution >= 4 is 15.9 Å². The van der Waals surface area contributed by atoms with Crippen LogP contribution in [0.15, 0.2) is 22.9 Å². The summed E-state index contributed by atoms with van der Waals surface area (Å²) in [5.41, 5.74) is 0.910. The van der Waals surface area contributed by atoms with Crippen LogP contribution in [0.4, 0.5) is 0 Å².